The smallest absolute Gasteiger partial charge is 0.255 e. The summed E-state index contributed by atoms with van der Waals surface area (Å²) in [5.41, 5.74) is 4.04. The third-order valence-corrected chi connectivity index (χ3v) is 32.9. The number of hydrogen-bond donors (Lipinski definition) is 7. The first-order valence-electron chi connectivity index (χ1n) is 49.1. The fourth-order valence-electron chi connectivity index (χ4n) is 22.9. The number of imide groups is 2. The lowest BCUT2D eigenvalue weighted by molar-refractivity contribution is -0.138. The molecule has 18 rings (SSSR count). The van der Waals surface area contributed by atoms with E-state index in [1.54, 1.807) is 31.7 Å². The van der Waals surface area contributed by atoms with Gasteiger partial charge in [0, 0.05) is 229 Å². The summed E-state index contributed by atoms with van der Waals surface area (Å²) in [7, 11) is 6.42. The van der Waals surface area contributed by atoms with Crippen LogP contribution in [0.2, 0.25) is 0 Å². The fraction of sp³-hybridized carbons (Fsp3) is 0.600. The third-order valence-electron chi connectivity index (χ3n) is 31.5. The molecule has 13 heterocycles. The molecule has 1 saturated carbocycles. The highest BCUT2D eigenvalue weighted by Crippen LogP contribution is 2.43. The summed E-state index contributed by atoms with van der Waals surface area (Å²) in [5, 5.41) is 22.4. The second-order valence-corrected chi connectivity index (χ2v) is 44.1. The number of carbonyl (C=O) groups excluding carboxylic acids is 8. The molecule has 10 fully saturated rings. The molecule has 11 aliphatic heterocycles. The van der Waals surface area contributed by atoms with Gasteiger partial charge in [0.05, 0.1) is 35.5 Å². The summed E-state index contributed by atoms with van der Waals surface area (Å²) in [6.45, 7) is 24.9. The molecule has 2 spiro atoms. The van der Waals surface area contributed by atoms with Gasteiger partial charge in [-0.1, -0.05) is 69.3 Å². The van der Waals surface area contributed by atoms with Crippen LogP contribution in [0.4, 0.5) is 63.6 Å². The van der Waals surface area contributed by atoms with Crippen molar-refractivity contribution in [2.24, 2.45) is 28.6 Å². The fourth-order valence-corrected chi connectivity index (χ4v) is 23.9. The number of hydrogen-bond acceptors (Lipinski definition) is 25. The van der Waals surface area contributed by atoms with Gasteiger partial charge in [0.25, 0.3) is 11.8 Å². The number of nitrogens with zero attached hydrogens (tertiary/aromatic N) is 16. The Morgan fingerprint density at radius 2 is 1.00 bits per heavy atom. The van der Waals surface area contributed by atoms with Crippen molar-refractivity contribution in [3.63, 3.8) is 0 Å². The van der Waals surface area contributed by atoms with E-state index in [0.29, 0.717) is 174 Å². The van der Waals surface area contributed by atoms with E-state index in [9.17, 15) is 38.4 Å². The summed E-state index contributed by atoms with van der Waals surface area (Å²) >= 11 is 2.57. The molecule has 8 amide bonds. The molecule has 4 aromatic carbocycles. The van der Waals surface area contributed by atoms with Gasteiger partial charge in [-0.05, 0) is 189 Å². The van der Waals surface area contributed by atoms with Crippen molar-refractivity contribution < 1.29 is 55.9 Å². The van der Waals surface area contributed by atoms with Crippen molar-refractivity contribution in [3.8, 4) is 11.6 Å². The van der Waals surface area contributed by atoms with Gasteiger partial charge < -0.3 is 75.6 Å². The molecule has 7 N–H and O–H groups in total. The van der Waals surface area contributed by atoms with Gasteiger partial charge in [0.1, 0.15) is 58.6 Å². The molecule has 9 saturated heterocycles. The number of piperazine rings is 2. The van der Waals surface area contributed by atoms with Crippen molar-refractivity contribution in [1.82, 2.24) is 75.5 Å². The molecule has 6 aromatic rings. The normalized spacial score (nSPS) is 24.7. The Labute approximate surface area is 808 Å². The Bertz CT molecular complexity index is 5520. The first-order valence-corrected chi connectivity index (χ1v) is 50.4. The summed E-state index contributed by atoms with van der Waals surface area (Å²) in [4.78, 5) is 152. The lowest BCUT2D eigenvalue weighted by Gasteiger charge is -2.48. The zero-order valence-electron chi connectivity index (χ0n) is 79.8. The van der Waals surface area contributed by atoms with Crippen LogP contribution in [-0.4, -0.2) is 300 Å². The Morgan fingerprint density at radius 3 is 1.51 bits per heavy atom. The standard InChI is InChI=1S/C100H132F4IN23O8/c1-62-42-67(118(7)40-29-106-77-14-9-12-68-70(77)55-127(95(68)135)79-16-18-87(129)113-93(79)133)43-63(62)50-117(6)31-11-28-108-83-48-85(123-36-24-99(25-37-123)60-125(58-89(131)115-99)81-46-72(101)64(44-74(81)103)52-120-32-20-97(2,3)21-33-120)111-91(109-83)92-110-84(119(8)51-66-54-122(57-76(66)105)41-30-107-78-15-10-13-69-71(78)56-128(96(69)136)80-17-19-88(130)114-94(80)134)49-86(112-92)124-38-26-100(27-39-124)61-126(59-90(132)116-100)82-47-73(102)65(45-75(82)104)53-121-34-22-98(4,5)23-35-121/h9-10,12-15,44-49,62-63,66-67,76,79-80,106-107H,11,16-43,50-61H2,1-8H3,(H,115,131)(H,116,132)(H,108,109,111)(H,113,129,133)(H,114,130,134)/t62-,63-,66+,67?,76-,79?,80?/m1/s1. The Hall–Kier alpha value is -10.2. The zero-order valence-corrected chi connectivity index (χ0v) is 81.9. The number of amides is 8. The number of carbonyl (C=O) groups is 8. The minimum Gasteiger partial charge on any atom is -0.383 e. The minimum atomic E-state index is -0.787. The predicted octanol–water partition coefficient (Wildman–Crippen LogP) is 9.68. The van der Waals surface area contributed by atoms with Crippen molar-refractivity contribution in [1.29, 1.82) is 0 Å². The molecule has 0 radical (unpaired) electrons. The molecule has 0 bridgehead atoms. The highest BCUT2D eigenvalue weighted by Gasteiger charge is 2.48. The van der Waals surface area contributed by atoms with Crippen molar-refractivity contribution in [2.75, 3.05) is 206 Å². The van der Waals surface area contributed by atoms with Gasteiger partial charge in [-0.25, -0.2) is 37.5 Å². The van der Waals surface area contributed by atoms with Crippen LogP contribution in [0.1, 0.15) is 174 Å². The van der Waals surface area contributed by atoms with E-state index < -0.39 is 58.2 Å². The van der Waals surface area contributed by atoms with Crippen LogP contribution in [0.5, 0.6) is 0 Å². The number of likely N-dealkylation sites (tertiary alicyclic amines) is 3. The van der Waals surface area contributed by atoms with Gasteiger partial charge in [-0.15, -0.1) is 0 Å². The molecule has 1 aliphatic carbocycles. The van der Waals surface area contributed by atoms with Gasteiger partial charge >= 0.3 is 0 Å². The third kappa shape index (κ3) is 21.5. The topological polar surface area (TPSA) is 311 Å². The molecule has 36 heteroatoms. The molecular weight excluding hydrogens is 1850 g/mol. The van der Waals surface area contributed by atoms with Gasteiger partial charge in [-0.3, -0.25) is 58.8 Å². The molecule has 2 aromatic heterocycles. The molecule has 3 unspecified atom stereocenters. The van der Waals surface area contributed by atoms with Crippen LogP contribution in [0.15, 0.2) is 72.8 Å². The number of rotatable bonds is 30. The van der Waals surface area contributed by atoms with E-state index >= 15 is 17.6 Å². The summed E-state index contributed by atoms with van der Waals surface area (Å²) in [5.74, 6) is -0.564. The van der Waals surface area contributed by atoms with Crippen molar-refractivity contribution in [2.45, 2.75) is 190 Å². The van der Waals surface area contributed by atoms with Crippen molar-refractivity contribution >= 4 is 116 Å². The van der Waals surface area contributed by atoms with E-state index in [4.69, 9.17) is 19.9 Å². The summed E-state index contributed by atoms with van der Waals surface area (Å²) in [6, 6.07) is 19.3. The monoisotopic (exact) mass is 1990 g/mol. The number of halogens is 5. The predicted molar refractivity (Wildman–Crippen MR) is 523 cm³/mol. The van der Waals surface area contributed by atoms with Crippen molar-refractivity contribution in [3.05, 3.63) is 129 Å². The number of nitrogens with one attached hydrogen (secondary N) is 7. The lowest BCUT2D eigenvalue weighted by atomic mass is 9.82. The van der Waals surface area contributed by atoms with E-state index in [1.165, 1.54) is 24.3 Å². The number of fused-ring (bicyclic) bond motifs is 2. The number of aromatic nitrogens is 4. The highest BCUT2D eigenvalue weighted by atomic mass is 127. The van der Waals surface area contributed by atoms with E-state index in [0.717, 1.165) is 126 Å². The van der Waals surface area contributed by atoms with Crippen LogP contribution >= 0.6 is 22.6 Å². The van der Waals surface area contributed by atoms with Crippen LogP contribution < -0.4 is 61.7 Å². The van der Waals surface area contributed by atoms with Gasteiger partial charge in [0.2, 0.25) is 47.1 Å². The molecule has 12 aliphatic rings. The van der Waals surface area contributed by atoms with E-state index in [2.05, 4.69) is 148 Å². The van der Waals surface area contributed by atoms with E-state index in [1.807, 2.05) is 43.4 Å². The molecule has 730 valence electrons. The molecule has 31 nitrogen and oxygen atoms in total. The van der Waals surface area contributed by atoms with Crippen LogP contribution in [0.25, 0.3) is 11.6 Å². The number of likely N-dealkylation sites (N-methyl/N-ethyl adjacent to an activating group) is 1. The summed E-state index contributed by atoms with van der Waals surface area (Å²) in [6.07, 6.45) is 9.53. The Morgan fingerprint density at radius 1 is 0.500 bits per heavy atom. The van der Waals surface area contributed by atoms with Crippen LogP contribution in [-0.2, 0) is 54.9 Å². The first-order chi connectivity index (χ1) is 65.1. The maximum Gasteiger partial charge on any atom is 0.255 e. The zero-order chi connectivity index (χ0) is 95.4. The van der Waals surface area contributed by atoms with Crippen LogP contribution in [0.3, 0.4) is 0 Å². The number of anilines is 8. The SMILES string of the molecule is C[C@@H]1CC(N(C)CCNc2cccc3c2CN(C2CCC(=O)NC2=O)C3=O)C[C@@H]1CN(C)CCCNc1cc(N2CCC3(CC2)CN(c2cc(F)c(CN4CCC(C)(C)CC4)cc2F)CC(=O)N3)nc(-c2nc(N(C)C[C@H]3CN(CCNc4cccc5c4CN(C4CCC(=O)NC4=O)C5=O)C[C@H]3I)cc(N3CCC4(CC3)CN(c3cc(F)c(CN5CCC(C)(C)CC5)cc3F)CC(=O)N4)n2)n1. The number of benzene rings is 4. The average molecular weight is 1990 g/mol. The first kappa shape index (κ1) is 96.1. The molecular formula is C100H132F4IN23O8. The van der Waals surface area contributed by atoms with Gasteiger partial charge in [-0.2, -0.15) is 0 Å². The lowest BCUT2D eigenvalue weighted by Crippen LogP contribution is -2.66. The second kappa shape index (κ2) is 40.0. The average Bonchev–Trinajstić information content (AvgIpc) is 1.66. The molecule has 136 heavy (non-hydrogen) atoms. The summed E-state index contributed by atoms with van der Waals surface area (Å²) < 4.78 is 66.0. The largest absolute Gasteiger partial charge is 0.383 e. The molecule has 7 atom stereocenters. The Balaban J connectivity index is 0.581. The maximum absolute atomic E-state index is 16.6. The minimum absolute atomic E-state index is 0.0605. The quantitative estimate of drug-likeness (QED) is 0.00725. The van der Waals surface area contributed by atoms with Crippen LogP contribution in [0, 0.1) is 51.9 Å². The highest BCUT2D eigenvalue weighted by molar-refractivity contribution is 14.1. The van der Waals surface area contributed by atoms with Gasteiger partial charge in [0.15, 0.2) is 0 Å². The number of alkyl halides is 1. The Kier molecular flexibility index (Phi) is 28.3. The maximum atomic E-state index is 16.6. The number of piperidine rings is 6. The van der Waals surface area contributed by atoms with E-state index in [-0.39, 0.29) is 131 Å². The second-order valence-electron chi connectivity index (χ2n) is 42.5.